The minimum Gasteiger partial charge on any atom is -0.494 e. The van der Waals surface area contributed by atoms with Gasteiger partial charge in [-0.25, -0.2) is 4.79 Å². The summed E-state index contributed by atoms with van der Waals surface area (Å²) in [7, 11) is 0. The van der Waals surface area contributed by atoms with Gasteiger partial charge in [-0.3, -0.25) is 4.79 Å². The molecule has 0 bridgehead atoms. The molecule has 0 spiro atoms. The average molecular weight is 359 g/mol. The van der Waals surface area contributed by atoms with E-state index in [0.29, 0.717) is 26.2 Å². The number of ether oxygens (including phenoxy) is 1. The molecule has 142 valence electrons. The summed E-state index contributed by atoms with van der Waals surface area (Å²) in [5.74, 6) is 0.986. The maximum atomic E-state index is 12.4. The summed E-state index contributed by atoms with van der Waals surface area (Å²) in [6.07, 6.45) is 4.52. The lowest BCUT2D eigenvalue weighted by Gasteiger charge is -2.34. The number of amides is 3. The number of hydrogen-bond donors (Lipinski definition) is 1. The molecule has 3 amide bonds. The second kappa shape index (κ2) is 9.46. The SMILES string of the molecule is O=C(NCCCOc1ccccc1)C1CCN(C(=O)N2CCCC2)CC1. The second-order valence-electron chi connectivity index (χ2n) is 7.04. The largest absolute Gasteiger partial charge is 0.494 e. The van der Waals surface area contributed by atoms with Crippen molar-refractivity contribution < 1.29 is 14.3 Å². The summed E-state index contributed by atoms with van der Waals surface area (Å²) < 4.78 is 5.62. The standard InChI is InChI=1S/C20H29N3O3/c24-19(21-11-6-16-26-18-7-2-1-3-8-18)17-9-14-23(15-10-17)20(25)22-12-4-5-13-22/h1-3,7-8,17H,4-6,9-16H2,(H,21,24). The number of piperidine rings is 1. The van der Waals surface area contributed by atoms with Crippen molar-refractivity contribution in [3.05, 3.63) is 30.3 Å². The first kappa shape index (κ1) is 18.5. The number of benzene rings is 1. The smallest absolute Gasteiger partial charge is 0.319 e. The van der Waals surface area contributed by atoms with Crippen molar-refractivity contribution in [3.8, 4) is 5.75 Å². The van der Waals surface area contributed by atoms with Gasteiger partial charge in [-0.05, 0) is 44.2 Å². The summed E-state index contributed by atoms with van der Waals surface area (Å²) >= 11 is 0. The minimum absolute atomic E-state index is 0.0210. The number of likely N-dealkylation sites (tertiary alicyclic amines) is 2. The van der Waals surface area contributed by atoms with Gasteiger partial charge in [0.15, 0.2) is 0 Å². The number of nitrogens with one attached hydrogen (secondary N) is 1. The van der Waals surface area contributed by atoms with Crippen LogP contribution in [0.5, 0.6) is 5.75 Å². The van der Waals surface area contributed by atoms with Gasteiger partial charge in [0, 0.05) is 38.6 Å². The molecule has 2 fully saturated rings. The van der Waals surface area contributed by atoms with Crippen molar-refractivity contribution in [1.29, 1.82) is 0 Å². The van der Waals surface area contributed by atoms with Gasteiger partial charge in [-0.15, -0.1) is 0 Å². The van der Waals surface area contributed by atoms with Crippen molar-refractivity contribution in [2.75, 3.05) is 39.3 Å². The molecule has 3 rings (SSSR count). The van der Waals surface area contributed by atoms with Crippen LogP contribution in [0.15, 0.2) is 30.3 Å². The first-order chi connectivity index (χ1) is 12.7. The Balaban J connectivity index is 1.29. The van der Waals surface area contributed by atoms with E-state index in [9.17, 15) is 9.59 Å². The molecule has 1 aromatic carbocycles. The van der Waals surface area contributed by atoms with E-state index in [2.05, 4.69) is 5.32 Å². The number of nitrogens with zero attached hydrogens (tertiary/aromatic N) is 2. The zero-order valence-corrected chi connectivity index (χ0v) is 15.4. The highest BCUT2D eigenvalue weighted by molar-refractivity contribution is 5.79. The monoisotopic (exact) mass is 359 g/mol. The van der Waals surface area contributed by atoms with Crippen LogP contribution in [0, 0.1) is 5.92 Å². The molecular weight excluding hydrogens is 330 g/mol. The van der Waals surface area contributed by atoms with Gasteiger partial charge in [0.2, 0.25) is 5.91 Å². The third kappa shape index (κ3) is 5.13. The summed E-state index contributed by atoms with van der Waals surface area (Å²) in [4.78, 5) is 28.5. The fraction of sp³-hybridized carbons (Fsp3) is 0.600. The van der Waals surface area contributed by atoms with Crippen LogP contribution in [0.1, 0.15) is 32.1 Å². The number of rotatable bonds is 6. The van der Waals surface area contributed by atoms with Crippen molar-refractivity contribution in [2.45, 2.75) is 32.1 Å². The van der Waals surface area contributed by atoms with Crippen LogP contribution in [-0.2, 0) is 4.79 Å². The molecule has 2 aliphatic rings. The Morgan fingerprint density at radius 1 is 1.00 bits per heavy atom. The Labute approximate surface area is 155 Å². The number of carbonyl (C=O) groups excluding carboxylic acids is 2. The minimum atomic E-state index is 0.0210. The molecule has 6 nitrogen and oxygen atoms in total. The van der Waals surface area contributed by atoms with Crippen LogP contribution < -0.4 is 10.1 Å². The Morgan fingerprint density at radius 2 is 1.65 bits per heavy atom. The van der Waals surface area contributed by atoms with Crippen molar-refractivity contribution in [3.63, 3.8) is 0 Å². The fourth-order valence-electron chi connectivity index (χ4n) is 3.58. The molecule has 6 heteroatoms. The fourth-order valence-corrected chi connectivity index (χ4v) is 3.58. The molecule has 0 atom stereocenters. The first-order valence-corrected chi connectivity index (χ1v) is 9.73. The zero-order valence-electron chi connectivity index (χ0n) is 15.4. The molecule has 2 aliphatic heterocycles. The van der Waals surface area contributed by atoms with Crippen molar-refractivity contribution in [2.24, 2.45) is 5.92 Å². The van der Waals surface area contributed by atoms with Crippen LogP contribution in [-0.4, -0.2) is 61.1 Å². The highest BCUT2D eigenvalue weighted by Gasteiger charge is 2.30. The predicted octanol–water partition coefficient (Wildman–Crippen LogP) is 2.50. The molecule has 0 unspecified atom stereocenters. The van der Waals surface area contributed by atoms with Gasteiger partial charge in [-0.1, -0.05) is 18.2 Å². The summed E-state index contributed by atoms with van der Waals surface area (Å²) in [5, 5.41) is 3.01. The molecule has 26 heavy (non-hydrogen) atoms. The molecule has 0 saturated carbocycles. The Kier molecular flexibility index (Phi) is 6.75. The van der Waals surface area contributed by atoms with Crippen LogP contribution >= 0.6 is 0 Å². The van der Waals surface area contributed by atoms with E-state index < -0.39 is 0 Å². The van der Waals surface area contributed by atoms with Crippen LogP contribution in [0.4, 0.5) is 4.79 Å². The summed E-state index contributed by atoms with van der Waals surface area (Å²) in [6.45, 7) is 4.34. The van der Waals surface area contributed by atoms with E-state index in [1.807, 2.05) is 40.1 Å². The van der Waals surface area contributed by atoms with Crippen molar-refractivity contribution >= 4 is 11.9 Å². The van der Waals surface area contributed by atoms with E-state index in [-0.39, 0.29) is 17.9 Å². The van der Waals surface area contributed by atoms with Gasteiger partial charge in [0.25, 0.3) is 0 Å². The molecular formula is C20H29N3O3. The molecule has 0 aliphatic carbocycles. The molecule has 1 N–H and O–H groups in total. The van der Waals surface area contributed by atoms with Crippen LogP contribution in [0.25, 0.3) is 0 Å². The summed E-state index contributed by atoms with van der Waals surface area (Å²) in [5.41, 5.74) is 0. The first-order valence-electron chi connectivity index (χ1n) is 9.73. The van der Waals surface area contributed by atoms with Gasteiger partial charge >= 0.3 is 6.03 Å². The number of carbonyl (C=O) groups is 2. The number of urea groups is 1. The number of para-hydroxylation sites is 1. The van der Waals surface area contributed by atoms with Gasteiger partial charge in [0.05, 0.1) is 6.61 Å². The number of hydrogen-bond acceptors (Lipinski definition) is 3. The molecule has 0 radical (unpaired) electrons. The molecule has 2 heterocycles. The average Bonchev–Trinajstić information content (AvgIpc) is 3.23. The summed E-state index contributed by atoms with van der Waals surface area (Å²) in [6, 6.07) is 9.85. The Hall–Kier alpha value is -2.24. The lowest BCUT2D eigenvalue weighted by Crippen LogP contribution is -2.47. The van der Waals surface area contributed by atoms with E-state index in [1.54, 1.807) is 0 Å². The topological polar surface area (TPSA) is 61.9 Å². The zero-order chi connectivity index (χ0) is 18.2. The van der Waals surface area contributed by atoms with E-state index in [4.69, 9.17) is 4.74 Å². The second-order valence-corrected chi connectivity index (χ2v) is 7.04. The lowest BCUT2D eigenvalue weighted by atomic mass is 9.96. The van der Waals surface area contributed by atoms with E-state index in [0.717, 1.165) is 50.9 Å². The van der Waals surface area contributed by atoms with Gasteiger partial charge < -0.3 is 19.9 Å². The van der Waals surface area contributed by atoms with Gasteiger partial charge in [-0.2, -0.15) is 0 Å². The van der Waals surface area contributed by atoms with Crippen molar-refractivity contribution in [1.82, 2.24) is 15.1 Å². The third-order valence-corrected chi connectivity index (χ3v) is 5.15. The van der Waals surface area contributed by atoms with Gasteiger partial charge in [0.1, 0.15) is 5.75 Å². The van der Waals surface area contributed by atoms with Crippen LogP contribution in [0.2, 0.25) is 0 Å². The normalized spacial score (nSPS) is 18.0. The highest BCUT2D eigenvalue weighted by atomic mass is 16.5. The van der Waals surface area contributed by atoms with E-state index >= 15 is 0 Å². The lowest BCUT2D eigenvalue weighted by molar-refractivity contribution is -0.126. The predicted molar refractivity (Wildman–Crippen MR) is 100 cm³/mol. The third-order valence-electron chi connectivity index (χ3n) is 5.15. The highest BCUT2D eigenvalue weighted by Crippen LogP contribution is 2.20. The Morgan fingerprint density at radius 3 is 2.35 bits per heavy atom. The molecule has 2 saturated heterocycles. The van der Waals surface area contributed by atoms with Crippen LogP contribution in [0.3, 0.4) is 0 Å². The molecule has 0 aromatic heterocycles. The van der Waals surface area contributed by atoms with E-state index in [1.165, 1.54) is 0 Å². The maximum Gasteiger partial charge on any atom is 0.319 e. The molecule has 1 aromatic rings. The quantitative estimate of drug-likeness (QED) is 0.794. The Bertz CT molecular complexity index is 579. The maximum absolute atomic E-state index is 12.4.